The summed E-state index contributed by atoms with van der Waals surface area (Å²) in [4.78, 5) is 14.6. The number of nitrogens with one attached hydrogen (secondary N) is 2. The van der Waals surface area contributed by atoms with Crippen LogP contribution in [0.3, 0.4) is 0 Å². The Morgan fingerprint density at radius 1 is 1.14 bits per heavy atom. The number of carbonyl (C=O) groups excluding carboxylic acids is 1. The molecule has 2 saturated heterocycles. The molecule has 2 aliphatic heterocycles. The van der Waals surface area contributed by atoms with E-state index in [2.05, 4.69) is 15.5 Å². The average molecular weight is 352 g/mol. The maximum atomic E-state index is 12.0. The summed E-state index contributed by atoms with van der Waals surface area (Å²) in [5.74, 6) is 0.995. The normalized spacial score (nSPS) is 29.1. The van der Waals surface area contributed by atoms with Gasteiger partial charge in [-0.05, 0) is 51.1 Å². The number of halogens is 2. The van der Waals surface area contributed by atoms with Gasteiger partial charge >= 0.3 is 0 Å². The van der Waals surface area contributed by atoms with Gasteiger partial charge in [0.2, 0.25) is 5.91 Å². The lowest BCUT2D eigenvalue weighted by molar-refractivity contribution is -0.122. The molecule has 3 rings (SSSR count). The zero-order valence-corrected chi connectivity index (χ0v) is 15.0. The maximum Gasteiger partial charge on any atom is 0.220 e. The SMILES string of the molecule is Cl.Cl.O=C(CCC1CCNC1)NC1CCN(C2CCCC2)C1. The minimum atomic E-state index is 0. The molecular weight excluding hydrogens is 321 g/mol. The third-order valence-electron chi connectivity index (χ3n) is 5.37. The molecule has 0 bridgehead atoms. The van der Waals surface area contributed by atoms with Gasteiger partial charge in [-0.3, -0.25) is 9.69 Å². The summed E-state index contributed by atoms with van der Waals surface area (Å²) in [7, 11) is 0. The predicted molar refractivity (Wildman–Crippen MR) is 95.1 cm³/mol. The molecule has 3 aliphatic rings. The Balaban J connectivity index is 0.00000121. The molecule has 0 aromatic heterocycles. The van der Waals surface area contributed by atoms with Crippen molar-refractivity contribution in [2.45, 2.75) is 63.5 Å². The fourth-order valence-corrected chi connectivity index (χ4v) is 4.10. The Bertz CT molecular complexity index is 331. The number of rotatable bonds is 5. The van der Waals surface area contributed by atoms with E-state index in [1.807, 2.05) is 0 Å². The quantitative estimate of drug-likeness (QED) is 0.798. The largest absolute Gasteiger partial charge is 0.352 e. The predicted octanol–water partition coefficient (Wildman–Crippen LogP) is 2.35. The number of amides is 1. The van der Waals surface area contributed by atoms with E-state index in [1.54, 1.807) is 0 Å². The Kier molecular flexibility index (Phi) is 9.07. The van der Waals surface area contributed by atoms with E-state index in [-0.39, 0.29) is 30.7 Å². The molecule has 2 N–H and O–H groups in total. The van der Waals surface area contributed by atoms with Crippen LogP contribution >= 0.6 is 24.8 Å². The van der Waals surface area contributed by atoms with Crippen LogP contribution in [-0.2, 0) is 4.79 Å². The van der Waals surface area contributed by atoms with Crippen LogP contribution < -0.4 is 10.6 Å². The highest BCUT2D eigenvalue weighted by molar-refractivity contribution is 5.85. The van der Waals surface area contributed by atoms with E-state index in [0.717, 1.165) is 44.4 Å². The van der Waals surface area contributed by atoms with Crippen molar-refractivity contribution in [1.29, 1.82) is 0 Å². The van der Waals surface area contributed by atoms with Crippen LogP contribution in [0.4, 0.5) is 0 Å². The molecular formula is C16H31Cl2N3O. The molecule has 1 aliphatic carbocycles. The third kappa shape index (κ3) is 5.55. The van der Waals surface area contributed by atoms with Gasteiger partial charge in [-0.2, -0.15) is 0 Å². The lowest BCUT2D eigenvalue weighted by Gasteiger charge is -2.23. The van der Waals surface area contributed by atoms with Crippen molar-refractivity contribution >= 4 is 30.7 Å². The van der Waals surface area contributed by atoms with Crippen LogP contribution in [0.5, 0.6) is 0 Å². The van der Waals surface area contributed by atoms with Gasteiger partial charge in [0.25, 0.3) is 0 Å². The second-order valence-electron chi connectivity index (χ2n) is 6.88. The molecule has 6 heteroatoms. The van der Waals surface area contributed by atoms with Crippen LogP contribution in [0.1, 0.15) is 51.4 Å². The fraction of sp³-hybridized carbons (Fsp3) is 0.938. The summed E-state index contributed by atoms with van der Waals surface area (Å²) in [5, 5.41) is 6.62. The van der Waals surface area contributed by atoms with Crippen molar-refractivity contribution in [2.75, 3.05) is 26.2 Å². The summed E-state index contributed by atoms with van der Waals surface area (Å²) in [6.07, 6.45) is 9.69. The van der Waals surface area contributed by atoms with Gasteiger partial charge in [-0.25, -0.2) is 0 Å². The molecule has 2 heterocycles. The number of carbonyl (C=O) groups is 1. The van der Waals surface area contributed by atoms with Crippen molar-refractivity contribution in [1.82, 2.24) is 15.5 Å². The molecule has 0 aromatic rings. The summed E-state index contributed by atoms with van der Waals surface area (Å²) < 4.78 is 0. The van der Waals surface area contributed by atoms with Crippen molar-refractivity contribution < 1.29 is 4.79 Å². The number of hydrogen-bond donors (Lipinski definition) is 2. The number of likely N-dealkylation sites (tertiary alicyclic amines) is 1. The minimum Gasteiger partial charge on any atom is -0.352 e. The summed E-state index contributed by atoms with van der Waals surface area (Å²) >= 11 is 0. The molecule has 3 fully saturated rings. The number of hydrogen-bond acceptors (Lipinski definition) is 3. The van der Waals surface area contributed by atoms with Crippen LogP contribution in [0.25, 0.3) is 0 Å². The van der Waals surface area contributed by atoms with Crippen LogP contribution in [0, 0.1) is 5.92 Å². The first-order valence-corrected chi connectivity index (χ1v) is 8.55. The molecule has 1 amide bonds. The average Bonchev–Trinajstić information content (AvgIpc) is 3.18. The van der Waals surface area contributed by atoms with Crippen molar-refractivity contribution in [3.05, 3.63) is 0 Å². The Labute approximate surface area is 147 Å². The number of nitrogens with zero attached hydrogens (tertiary/aromatic N) is 1. The van der Waals surface area contributed by atoms with Crippen LogP contribution in [0.15, 0.2) is 0 Å². The van der Waals surface area contributed by atoms with Gasteiger partial charge in [-0.15, -0.1) is 24.8 Å². The maximum absolute atomic E-state index is 12.0. The summed E-state index contributed by atoms with van der Waals surface area (Å²) in [6, 6.07) is 1.21. The monoisotopic (exact) mass is 351 g/mol. The van der Waals surface area contributed by atoms with Crippen molar-refractivity contribution in [3.63, 3.8) is 0 Å². The molecule has 0 radical (unpaired) electrons. The first kappa shape index (κ1) is 20.0. The first-order valence-electron chi connectivity index (χ1n) is 8.55. The van der Waals surface area contributed by atoms with Crippen molar-refractivity contribution in [3.8, 4) is 0 Å². The summed E-state index contributed by atoms with van der Waals surface area (Å²) in [5.41, 5.74) is 0. The van der Waals surface area contributed by atoms with Gasteiger partial charge in [0.05, 0.1) is 0 Å². The Morgan fingerprint density at radius 3 is 2.59 bits per heavy atom. The standard InChI is InChI=1S/C16H29N3O.2ClH/c20-16(6-5-13-7-9-17-11-13)18-14-8-10-19(12-14)15-3-1-2-4-15;;/h13-15,17H,1-12H2,(H,18,20);2*1H. The van der Waals surface area contributed by atoms with Gasteiger partial charge in [0.1, 0.15) is 0 Å². The molecule has 22 heavy (non-hydrogen) atoms. The van der Waals surface area contributed by atoms with Gasteiger partial charge in [-0.1, -0.05) is 12.8 Å². The fourth-order valence-electron chi connectivity index (χ4n) is 4.10. The van der Waals surface area contributed by atoms with Gasteiger partial charge < -0.3 is 10.6 Å². The first-order chi connectivity index (χ1) is 9.81. The minimum absolute atomic E-state index is 0. The van der Waals surface area contributed by atoms with E-state index < -0.39 is 0 Å². The van der Waals surface area contributed by atoms with E-state index >= 15 is 0 Å². The zero-order valence-electron chi connectivity index (χ0n) is 13.4. The van der Waals surface area contributed by atoms with Gasteiger partial charge in [0.15, 0.2) is 0 Å². The molecule has 1 saturated carbocycles. The van der Waals surface area contributed by atoms with E-state index in [1.165, 1.54) is 38.6 Å². The highest BCUT2D eigenvalue weighted by atomic mass is 35.5. The Hall–Kier alpha value is -0.0300. The molecule has 0 aromatic carbocycles. The van der Waals surface area contributed by atoms with E-state index in [0.29, 0.717) is 12.5 Å². The highest BCUT2D eigenvalue weighted by Crippen LogP contribution is 2.26. The zero-order chi connectivity index (χ0) is 13.8. The van der Waals surface area contributed by atoms with E-state index in [9.17, 15) is 4.79 Å². The lowest BCUT2D eigenvalue weighted by atomic mass is 10.0. The Morgan fingerprint density at radius 2 is 1.91 bits per heavy atom. The van der Waals surface area contributed by atoms with Gasteiger partial charge in [0, 0.05) is 31.6 Å². The summed E-state index contributed by atoms with van der Waals surface area (Å²) in [6.45, 7) is 4.50. The molecule has 130 valence electrons. The molecule has 2 unspecified atom stereocenters. The second-order valence-corrected chi connectivity index (χ2v) is 6.88. The molecule has 2 atom stereocenters. The molecule has 4 nitrogen and oxygen atoms in total. The molecule has 0 spiro atoms. The third-order valence-corrected chi connectivity index (χ3v) is 5.37. The topological polar surface area (TPSA) is 44.4 Å². The second kappa shape index (κ2) is 9.96. The van der Waals surface area contributed by atoms with Crippen LogP contribution in [0.2, 0.25) is 0 Å². The lowest BCUT2D eigenvalue weighted by Crippen LogP contribution is -2.39. The smallest absolute Gasteiger partial charge is 0.220 e. The van der Waals surface area contributed by atoms with E-state index in [4.69, 9.17) is 0 Å². The van der Waals surface area contributed by atoms with Crippen molar-refractivity contribution in [2.24, 2.45) is 5.92 Å². The highest BCUT2D eigenvalue weighted by Gasteiger charge is 2.30. The van der Waals surface area contributed by atoms with Crippen LogP contribution in [-0.4, -0.2) is 49.1 Å².